The number of nitrogens with zero attached hydrogens (tertiary/aromatic N) is 1. The summed E-state index contributed by atoms with van der Waals surface area (Å²) in [6.45, 7) is 5.87. The molecule has 3 rings (SSSR count). The van der Waals surface area contributed by atoms with Gasteiger partial charge in [0.1, 0.15) is 0 Å². The van der Waals surface area contributed by atoms with Gasteiger partial charge in [-0.1, -0.05) is 12.1 Å². The van der Waals surface area contributed by atoms with Crippen LogP contribution in [0.3, 0.4) is 0 Å². The van der Waals surface area contributed by atoms with Crippen LogP contribution < -0.4 is 5.73 Å². The van der Waals surface area contributed by atoms with Gasteiger partial charge >= 0.3 is 5.97 Å². The molecule has 0 bridgehead atoms. The molecule has 112 valence electrons. The molecule has 4 heteroatoms. The van der Waals surface area contributed by atoms with E-state index >= 15 is 0 Å². The third kappa shape index (κ3) is 2.33. The van der Waals surface area contributed by atoms with Crippen LogP contribution in [0.1, 0.15) is 34.7 Å². The Morgan fingerprint density at radius 1 is 1.33 bits per heavy atom. The minimum absolute atomic E-state index is 0.293. The molecule has 0 fully saturated rings. The zero-order chi connectivity index (χ0) is 15.1. The number of carbonyl (C=O) groups excluding carboxylic acids is 1. The summed E-state index contributed by atoms with van der Waals surface area (Å²) in [5, 5.41) is 0. The molecule has 0 spiro atoms. The van der Waals surface area contributed by atoms with Gasteiger partial charge in [0.15, 0.2) is 0 Å². The summed E-state index contributed by atoms with van der Waals surface area (Å²) in [5.74, 6) is -0.295. The molecule has 0 unspecified atom stereocenters. The Bertz CT molecular complexity index is 634. The van der Waals surface area contributed by atoms with Crippen LogP contribution >= 0.6 is 0 Å². The lowest BCUT2D eigenvalue weighted by atomic mass is 9.84. The quantitative estimate of drug-likeness (QED) is 0.802. The largest absolute Gasteiger partial charge is 0.466 e. The first kappa shape index (κ1) is 14.1. The normalized spacial score (nSPS) is 21.8. The van der Waals surface area contributed by atoms with Crippen LogP contribution in [-0.4, -0.2) is 31.1 Å². The lowest BCUT2D eigenvalue weighted by Crippen LogP contribution is -2.42. The van der Waals surface area contributed by atoms with E-state index in [-0.39, 0.29) is 5.97 Å². The Hall–Kier alpha value is -1.81. The van der Waals surface area contributed by atoms with E-state index in [1.807, 2.05) is 0 Å². The number of benzene rings is 1. The molecule has 1 aromatic carbocycles. The van der Waals surface area contributed by atoms with Crippen molar-refractivity contribution in [2.24, 2.45) is 5.73 Å². The van der Waals surface area contributed by atoms with Gasteiger partial charge in [0, 0.05) is 31.2 Å². The van der Waals surface area contributed by atoms with E-state index in [1.54, 1.807) is 0 Å². The van der Waals surface area contributed by atoms with Crippen LogP contribution in [0, 0.1) is 13.8 Å². The van der Waals surface area contributed by atoms with Gasteiger partial charge in [0.25, 0.3) is 0 Å². The summed E-state index contributed by atoms with van der Waals surface area (Å²) in [5.41, 5.74) is 12.9. The maximum Gasteiger partial charge on any atom is 0.336 e. The number of ether oxygens (including phenoxy) is 1. The molecule has 0 radical (unpaired) electrons. The van der Waals surface area contributed by atoms with Crippen LogP contribution in [-0.2, 0) is 16.0 Å². The number of hydrogen-bond acceptors (Lipinski definition) is 4. The number of hydrogen-bond donors (Lipinski definition) is 1. The fraction of sp³-hybridized carbons (Fsp3) is 0.471. The smallest absolute Gasteiger partial charge is 0.336 e. The summed E-state index contributed by atoms with van der Waals surface area (Å²) in [4.78, 5) is 14.2. The maximum absolute atomic E-state index is 11.8. The van der Waals surface area contributed by atoms with Crippen molar-refractivity contribution in [1.29, 1.82) is 0 Å². The van der Waals surface area contributed by atoms with Gasteiger partial charge in [-0.25, -0.2) is 4.79 Å². The second-order valence-corrected chi connectivity index (χ2v) is 6.07. The average Bonchev–Trinajstić information content (AvgIpc) is 2.47. The van der Waals surface area contributed by atoms with Crippen LogP contribution in [0.2, 0.25) is 0 Å². The molecule has 2 N–H and O–H groups in total. The molecule has 2 heterocycles. The van der Waals surface area contributed by atoms with Gasteiger partial charge in [-0.15, -0.1) is 0 Å². The average molecular weight is 286 g/mol. The number of rotatable bonds is 1. The summed E-state index contributed by atoms with van der Waals surface area (Å²) in [6, 6.07) is 4.89. The number of esters is 1. The predicted molar refractivity (Wildman–Crippen MR) is 81.8 cm³/mol. The van der Waals surface area contributed by atoms with Gasteiger partial charge in [0.2, 0.25) is 0 Å². The summed E-state index contributed by atoms with van der Waals surface area (Å²) in [6.07, 6.45) is 1.74. The molecule has 1 aromatic rings. The molecule has 1 atom stereocenters. The van der Waals surface area contributed by atoms with Gasteiger partial charge < -0.3 is 10.5 Å². The molecule has 0 aromatic heterocycles. The van der Waals surface area contributed by atoms with Crippen molar-refractivity contribution in [3.8, 4) is 0 Å². The minimum atomic E-state index is -0.295. The standard InChI is InChI=1S/C17H22N2O2/c1-10-6-12-4-5-19-9-14(17(20)21-3)15(18)8-16(19)13(12)7-11(10)2/h6-7,16H,4-5,8-9,18H2,1-3H3/t16-/m0/s1. The molecule has 2 aliphatic rings. The fourth-order valence-electron chi connectivity index (χ4n) is 3.42. The molecule has 0 aliphatic carbocycles. The molecule has 0 amide bonds. The van der Waals surface area contributed by atoms with E-state index in [0.29, 0.717) is 30.3 Å². The molecule has 0 saturated heterocycles. The first-order valence-electron chi connectivity index (χ1n) is 7.41. The van der Waals surface area contributed by atoms with Crippen LogP contribution in [0.15, 0.2) is 23.4 Å². The van der Waals surface area contributed by atoms with Crippen molar-refractivity contribution in [2.75, 3.05) is 20.2 Å². The summed E-state index contributed by atoms with van der Waals surface area (Å²) in [7, 11) is 1.41. The van der Waals surface area contributed by atoms with E-state index in [1.165, 1.54) is 29.4 Å². The van der Waals surface area contributed by atoms with Crippen molar-refractivity contribution in [2.45, 2.75) is 32.7 Å². The minimum Gasteiger partial charge on any atom is -0.466 e. The highest BCUT2D eigenvalue weighted by Gasteiger charge is 2.34. The highest BCUT2D eigenvalue weighted by atomic mass is 16.5. The van der Waals surface area contributed by atoms with E-state index in [9.17, 15) is 4.79 Å². The van der Waals surface area contributed by atoms with Crippen molar-refractivity contribution < 1.29 is 9.53 Å². The maximum atomic E-state index is 11.8. The Morgan fingerprint density at radius 3 is 2.76 bits per heavy atom. The molecule has 2 aliphatic heterocycles. The highest BCUT2D eigenvalue weighted by molar-refractivity contribution is 5.89. The fourth-order valence-corrected chi connectivity index (χ4v) is 3.42. The van der Waals surface area contributed by atoms with Crippen molar-refractivity contribution in [3.05, 3.63) is 45.7 Å². The third-order valence-electron chi connectivity index (χ3n) is 4.82. The van der Waals surface area contributed by atoms with Gasteiger partial charge in [0.05, 0.1) is 12.7 Å². The SMILES string of the molecule is COC(=O)C1=C(N)C[C@H]2c3cc(C)c(C)cc3CCN2C1. The van der Waals surface area contributed by atoms with Gasteiger partial charge in [-0.2, -0.15) is 0 Å². The van der Waals surface area contributed by atoms with E-state index < -0.39 is 0 Å². The van der Waals surface area contributed by atoms with Gasteiger partial charge in [-0.05, 0) is 42.5 Å². The molecular weight excluding hydrogens is 264 g/mol. The second kappa shape index (κ2) is 5.19. The van der Waals surface area contributed by atoms with Crippen LogP contribution in [0.4, 0.5) is 0 Å². The predicted octanol–water partition coefficient (Wildman–Crippen LogP) is 1.99. The molecule has 21 heavy (non-hydrogen) atoms. The van der Waals surface area contributed by atoms with Crippen molar-refractivity contribution in [3.63, 3.8) is 0 Å². The van der Waals surface area contributed by atoms with E-state index in [0.717, 1.165) is 13.0 Å². The Labute approximate surface area is 125 Å². The zero-order valence-electron chi connectivity index (χ0n) is 12.9. The Kier molecular flexibility index (Phi) is 3.49. The lowest BCUT2D eigenvalue weighted by Gasteiger charge is -2.41. The Morgan fingerprint density at radius 2 is 2.05 bits per heavy atom. The van der Waals surface area contributed by atoms with Gasteiger partial charge in [-0.3, -0.25) is 4.90 Å². The van der Waals surface area contributed by atoms with E-state index in [4.69, 9.17) is 10.5 Å². The van der Waals surface area contributed by atoms with Crippen molar-refractivity contribution >= 4 is 5.97 Å². The summed E-state index contributed by atoms with van der Waals surface area (Å²) < 4.78 is 4.84. The first-order chi connectivity index (χ1) is 10.0. The number of fused-ring (bicyclic) bond motifs is 3. The molecule has 0 saturated carbocycles. The highest BCUT2D eigenvalue weighted by Crippen LogP contribution is 2.38. The van der Waals surface area contributed by atoms with Crippen LogP contribution in [0.5, 0.6) is 0 Å². The molecular formula is C17H22N2O2. The Balaban J connectivity index is 1.99. The van der Waals surface area contributed by atoms with Crippen LogP contribution in [0.25, 0.3) is 0 Å². The number of carbonyl (C=O) groups is 1. The zero-order valence-corrected chi connectivity index (χ0v) is 12.9. The number of nitrogens with two attached hydrogens (primary N) is 1. The first-order valence-corrected chi connectivity index (χ1v) is 7.41. The lowest BCUT2D eigenvalue weighted by molar-refractivity contribution is -0.136. The third-order valence-corrected chi connectivity index (χ3v) is 4.82. The topological polar surface area (TPSA) is 55.6 Å². The molecule has 4 nitrogen and oxygen atoms in total. The number of methoxy groups -OCH3 is 1. The monoisotopic (exact) mass is 286 g/mol. The van der Waals surface area contributed by atoms with Crippen molar-refractivity contribution in [1.82, 2.24) is 4.90 Å². The summed E-state index contributed by atoms with van der Waals surface area (Å²) >= 11 is 0. The van der Waals surface area contributed by atoms with E-state index in [2.05, 4.69) is 30.9 Å². The number of aryl methyl sites for hydroxylation is 2. The second-order valence-electron chi connectivity index (χ2n) is 6.07.